The molecule has 0 radical (unpaired) electrons. The van der Waals surface area contributed by atoms with Crippen LogP contribution in [0.1, 0.15) is 11.1 Å². The summed E-state index contributed by atoms with van der Waals surface area (Å²) in [5.41, 5.74) is 0.0414. The summed E-state index contributed by atoms with van der Waals surface area (Å²) in [6, 6.07) is 4.17. The Kier molecular flexibility index (Phi) is 3.43. The Labute approximate surface area is 114 Å². The van der Waals surface area contributed by atoms with Crippen molar-refractivity contribution in [3.8, 4) is 0 Å². The van der Waals surface area contributed by atoms with E-state index < -0.39 is 11.7 Å². The molecule has 0 saturated carbocycles. The summed E-state index contributed by atoms with van der Waals surface area (Å²) in [6.45, 7) is 4.22. The standard InChI is InChI=1S/C14H15F3N2O/c15-14(16,17)12-3-1-2-11-10(9-20-13(11)12)8-19-6-4-18-5-7-19/h1-3,9,18H,4-8H2. The number of fused-ring (bicyclic) bond motifs is 1. The average Bonchev–Trinajstić information content (AvgIpc) is 2.82. The van der Waals surface area contributed by atoms with Crippen LogP contribution in [-0.4, -0.2) is 31.1 Å². The van der Waals surface area contributed by atoms with E-state index in [9.17, 15) is 13.2 Å². The molecule has 1 aliphatic rings. The molecule has 1 aliphatic heterocycles. The van der Waals surface area contributed by atoms with Gasteiger partial charge in [-0.15, -0.1) is 0 Å². The van der Waals surface area contributed by atoms with E-state index in [4.69, 9.17) is 4.42 Å². The van der Waals surface area contributed by atoms with Crippen molar-refractivity contribution in [3.63, 3.8) is 0 Å². The molecule has 1 aromatic heterocycles. The number of piperazine rings is 1. The molecule has 0 atom stereocenters. The maximum absolute atomic E-state index is 12.9. The predicted octanol–water partition coefficient (Wildman–Crippen LogP) is 2.86. The van der Waals surface area contributed by atoms with Crippen molar-refractivity contribution < 1.29 is 17.6 Å². The molecule has 1 fully saturated rings. The van der Waals surface area contributed by atoms with Gasteiger partial charge < -0.3 is 9.73 Å². The normalized spacial score (nSPS) is 17.8. The van der Waals surface area contributed by atoms with Gasteiger partial charge >= 0.3 is 6.18 Å². The molecule has 0 bridgehead atoms. The van der Waals surface area contributed by atoms with E-state index in [1.807, 2.05) is 0 Å². The smallest absolute Gasteiger partial charge is 0.420 e. The number of para-hydroxylation sites is 1. The molecule has 108 valence electrons. The summed E-state index contributed by atoms with van der Waals surface area (Å²) in [4.78, 5) is 2.21. The fourth-order valence-electron chi connectivity index (χ4n) is 2.57. The quantitative estimate of drug-likeness (QED) is 0.919. The van der Waals surface area contributed by atoms with Gasteiger partial charge in [-0.05, 0) is 6.07 Å². The van der Waals surface area contributed by atoms with Gasteiger partial charge in [-0.2, -0.15) is 13.2 Å². The summed E-state index contributed by atoms with van der Waals surface area (Å²) in [5.74, 6) is 0. The zero-order valence-electron chi connectivity index (χ0n) is 10.8. The number of furan rings is 1. The molecule has 20 heavy (non-hydrogen) atoms. The highest BCUT2D eigenvalue weighted by molar-refractivity contribution is 5.84. The number of nitrogens with zero attached hydrogens (tertiary/aromatic N) is 1. The largest absolute Gasteiger partial charge is 0.463 e. The van der Waals surface area contributed by atoms with Crippen LogP contribution in [-0.2, 0) is 12.7 Å². The second-order valence-electron chi connectivity index (χ2n) is 4.97. The van der Waals surface area contributed by atoms with Crippen molar-refractivity contribution >= 4 is 11.0 Å². The van der Waals surface area contributed by atoms with Gasteiger partial charge in [0.25, 0.3) is 0 Å². The molecular weight excluding hydrogens is 269 g/mol. The minimum absolute atomic E-state index is 0.0647. The fourth-order valence-corrected chi connectivity index (χ4v) is 2.57. The van der Waals surface area contributed by atoms with Gasteiger partial charge in [0.1, 0.15) is 5.58 Å². The number of halogens is 3. The molecule has 1 N–H and O–H groups in total. The highest BCUT2D eigenvalue weighted by Crippen LogP contribution is 2.36. The van der Waals surface area contributed by atoms with Crippen LogP contribution < -0.4 is 5.32 Å². The Morgan fingerprint density at radius 1 is 1.20 bits per heavy atom. The lowest BCUT2D eigenvalue weighted by Crippen LogP contribution is -2.42. The Balaban J connectivity index is 1.93. The van der Waals surface area contributed by atoms with Crippen molar-refractivity contribution in [1.29, 1.82) is 0 Å². The van der Waals surface area contributed by atoms with Crippen LogP contribution in [0.3, 0.4) is 0 Å². The molecule has 0 aliphatic carbocycles. The number of nitrogens with one attached hydrogen (secondary N) is 1. The second-order valence-corrected chi connectivity index (χ2v) is 4.97. The van der Waals surface area contributed by atoms with Gasteiger partial charge in [-0.25, -0.2) is 0 Å². The number of rotatable bonds is 2. The first kappa shape index (κ1) is 13.5. The molecular formula is C14H15F3N2O. The van der Waals surface area contributed by atoms with Crippen LogP contribution in [0.25, 0.3) is 11.0 Å². The first-order valence-corrected chi connectivity index (χ1v) is 6.55. The van der Waals surface area contributed by atoms with Crippen molar-refractivity contribution in [2.24, 2.45) is 0 Å². The van der Waals surface area contributed by atoms with Crippen LogP contribution in [0.5, 0.6) is 0 Å². The summed E-state index contributed by atoms with van der Waals surface area (Å²) in [6.07, 6.45) is -2.94. The number of alkyl halides is 3. The molecule has 3 rings (SSSR count). The third-order valence-corrected chi connectivity index (χ3v) is 3.59. The molecule has 1 aromatic carbocycles. The monoisotopic (exact) mass is 284 g/mol. The summed E-state index contributed by atoms with van der Waals surface area (Å²) in [5, 5.41) is 3.80. The van der Waals surface area contributed by atoms with E-state index >= 15 is 0 Å². The lowest BCUT2D eigenvalue weighted by Gasteiger charge is -2.26. The Morgan fingerprint density at radius 3 is 2.65 bits per heavy atom. The highest BCUT2D eigenvalue weighted by Gasteiger charge is 2.34. The number of hydrogen-bond donors (Lipinski definition) is 1. The molecule has 2 aromatic rings. The fraction of sp³-hybridized carbons (Fsp3) is 0.429. The molecule has 2 heterocycles. The average molecular weight is 284 g/mol. The Morgan fingerprint density at radius 2 is 1.95 bits per heavy atom. The van der Waals surface area contributed by atoms with E-state index in [0.717, 1.165) is 37.8 Å². The Bertz CT molecular complexity index is 600. The second kappa shape index (κ2) is 5.10. The maximum atomic E-state index is 12.9. The zero-order chi connectivity index (χ0) is 14.2. The van der Waals surface area contributed by atoms with E-state index in [1.54, 1.807) is 6.07 Å². The van der Waals surface area contributed by atoms with Gasteiger partial charge in [0, 0.05) is 43.7 Å². The molecule has 0 amide bonds. The highest BCUT2D eigenvalue weighted by atomic mass is 19.4. The van der Waals surface area contributed by atoms with Crippen LogP contribution in [0.2, 0.25) is 0 Å². The van der Waals surface area contributed by atoms with E-state index in [2.05, 4.69) is 10.2 Å². The van der Waals surface area contributed by atoms with Crippen molar-refractivity contribution in [2.45, 2.75) is 12.7 Å². The topological polar surface area (TPSA) is 28.4 Å². The molecule has 1 saturated heterocycles. The SMILES string of the molecule is FC(F)(F)c1cccc2c(CN3CCNCC3)coc12. The first-order valence-electron chi connectivity index (χ1n) is 6.55. The van der Waals surface area contributed by atoms with Crippen molar-refractivity contribution in [1.82, 2.24) is 10.2 Å². The minimum atomic E-state index is -4.39. The summed E-state index contributed by atoms with van der Waals surface area (Å²) >= 11 is 0. The molecule has 3 nitrogen and oxygen atoms in total. The predicted molar refractivity (Wildman–Crippen MR) is 69.4 cm³/mol. The van der Waals surface area contributed by atoms with E-state index in [1.165, 1.54) is 12.3 Å². The molecule has 0 unspecified atom stereocenters. The van der Waals surface area contributed by atoms with Crippen LogP contribution in [0.4, 0.5) is 13.2 Å². The molecule has 6 heteroatoms. The first-order chi connectivity index (χ1) is 9.55. The van der Waals surface area contributed by atoms with E-state index in [-0.39, 0.29) is 5.58 Å². The minimum Gasteiger partial charge on any atom is -0.463 e. The van der Waals surface area contributed by atoms with Gasteiger partial charge in [0.2, 0.25) is 0 Å². The van der Waals surface area contributed by atoms with Crippen molar-refractivity contribution in [3.05, 3.63) is 35.6 Å². The van der Waals surface area contributed by atoms with Gasteiger partial charge in [0.15, 0.2) is 0 Å². The van der Waals surface area contributed by atoms with Gasteiger partial charge in [-0.3, -0.25) is 4.90 Å². The lowest BCUT2D eigenvalue weighted by molar-refractivity contribution is -0.136. The number of hydrogen-bond acceptors (Lipinski definition) is 3. The summed E-state index contributed by atoms with van der Waals surface area (Å²) < 4.78 is 43.9. The zero-order valence-corrected chi connectivity index (χ0v) is 10.8. The van der Waals surface area contributed by atoms with Crippen molar-refractivity contribution in [2.75, 3.05) is 26.2 Å². The third kappa shape index (κ3) is 2.53. The third-order valence-electron chi connectivity index (χ3n) is 3.59. The van der Waals surface area contributed by atoms with E-state index in [0.29, 0.717) is 11.9 Å². The Hall–Kier alpha value is -1.53. The van der Waals surface area contributed by atoms with Gasteiger partial charge in [0.05, 0.1) is 11.8 Å². The lowest BCUT2D eigenvalue weighted by atomic mass is 10.1. The van der Waals surface area contributed by atoms with Crippen LogP contribution in [0, 0.1) is 0 Å². The maximum Gasteiger partial charge on any atom is 0.420 e. The molecule has 0 spiro atoms. The number of benzene rings is 1. The van der Waals surface area contributed by atoms with Gasteiger partial charge in [-0.1, -0.05) is 12.1 Å². The summed E-state index contributed by atoms with van der Waals surface area (Å²) in [7, 11) is 0. The van der Waals surface area contributed by atoms with Crippen LogP contribution >= 0.6 is 0 Å². The van der Waals surface area contributed by atoms with Crippen LogP contribution in [0.15, 0.2) is 28.9 Å².